The zero-order valence-corrected chi connectivity index (χ0v) is 34.7. The Morgan fingerprint density at radius 3 is 2.26 bits per heavy atom. The first kappa shape index (κ1) is 36.6. The Kier molecular flexibility index (Phi) is 10.6. The van der Waals surface area contributed by atoms with Gasteiger partial charge in [0.05, 0.1) is 13.7 Å². The molecule has 9 aromatic rings. The summed E-state index contributed by atoms with van der Waals surface area (Å²) >= 11 is 1.83. The van der Waals surface area contributed by atoms with Gasteiger partial charge in [-0.05, 0) is 74.4 Å². The van der Waals surface area contributed by atoms with Gasteiger partial charge < -0.3 is 14.4 Å². The average molecular weight is 901 g/mol. The number of nitrogens with zero attached hydrogens (tertiary/aromatic N) is 2. The number of hydrogen-bond acceptors (Lipinski definition) is 4. The molecule has 3 nitrogen and oxygen atoms in total. The van der Waals surface area contributed by atoms with Crippen molar-refractivity contribution in [3.63, 3.8) is 0 Å². The number of aromatic nitrogens is 2. The molecule has 4 heterocycles. The molecule has 0 aliphatic carbocycles. The van der Waals surface area contributed by atoms with Gasteiger partial charge >= 0.3 is 0 Å². The maximum Gasteiger partial charge on any atom is 0.121 e. The van der Waals surface area contributed by atoms with Gasteiger partial charge in [-0.1, -0.05) is 123 Å². The monoisotopic (exact) mass is 901 g/mol. The fraction of sp³-hybridized carbons (Fsp3) is 0.149. The van der Waals surface area contributed by atoms with Crippen molar-refractivity contribution >= 4 is 66.7 Å². The van der Waals surface area contributed by atoms with Crippen LogP contribution in [0.1, 0.15) is 19.4 Å². The largest absolute Gasteiger partial charge is 0.500 e. The van der Waals surface area contributed by atoms with Crippen LogP contribution in [0.25, 0.3) is 75.8 Å². The summed E-state index contributed by atoms with van der Waals surface area (Å²) in [6.45, 7) is 11.5. The van der Waals surface area contributed by atoms with Gasteiger partial charge in [0, 0.05) is 42.6 Å². The second-order valence-electron chi connectivity index (χ2n) is 14.8. The number of fused-ring (bicyclic) bond motifs is 6. The predicted octanol–water partition coefficient (Wildman–Crippen LogP) is 12.8. The number of thiophene rings is 1. The van der Waals surface area contributed by atoms with Crippen molar-refractivity contribution in [2.45, 2.75) is 39.9 Å². The van der Waals surface area contributed by atoms with Crippen LogP contribution in [0.15, 0.2) is 138 Å². The minimum atomic E-state index is -1.31. The van der Waals surface area contributed by atoms with Crippen LogP contribution < -0.4 is 5.19 Å². The maximum absolute atomic E-state index is 6.06. The summed E-state index contributed by atoms with van der Waals surface area (Å²) in [7, 11) is -1.31. The molecule has 5 aromatic carbocycles. The van der Waals surface area contributed by atoms with E-state index in [2.05, 4.69) is 160 Å². The second kappa shape index (κ2) is 15.3. The van der Waals surface area contributed by atoms with E-state index in [1.807, 2.05) is 35.7 Å². The Balaban J connectivity index is 0.000000165. The Morgan fingerprint density at radius 1 is 0.698 bits per heavy atom. The molecule has 53 heavy (non-hydrogen) atoms. The third-order valence-corrected chi connectivity index (χ3v) is 12.7. The summed E-state index contributed by atoms with van der Waals surface area (Å²) in [5.74, 6) is 0.617. The van der Waals surface area contributed by atoms with Gasteiger partial charge in [0.2, 0.25) is 0 Å². The predicted molar refractivity (Wildman–Crippen MR) is 224 cm³/mol. The smallest absolute Gasteiger partial charge is 0.121 e. The van der Waals surface area contributed by atoms with Gasteiger partial charge in [-0.2, -0.15) is 11.3 Å². The summed E-state index contributed by atoms with van der Waals surface area (Å²) in [4.78, 5) is 9.34. The summed E-state index contributed by atoms with van der Waals surface area (Å²) in [5, 5.41) is 6.24. The van der Waals surface area contributed by atoms with Gasteiger partial charge in [0.25, 0.3) is 0 Å². The molecule has 0 spiro atoms. The van der Waals surface area contributed by atoms with E-state index >= 15 is 0 Å². The van der Waals surface area contributed by atoms with Crippen molar-refractivity contribution in [1.29, 1.82) is 0 Å². The first-order valence-electron chi connectivity index (χ1n) is 17.9. The van der Waals surface area contributed by atoms with E-state index in [1.165, 1.54) is 42.0 Å². The first-order valence-corrected chi connectivity index (χ1v) is 22.2. The number of hydrogen-bond donors (Lipinski definition) is 0. The topological polar surface area (TPSA) is 38.9 Å². The molecular weight excluding hydrogens is 861 g/mol. The van der Waals surface area contributed by atoms with Crippen LogP contribution in [-0.2, 0) is 26.5 Å². The van der Waals surface area contributed by atoms with Crippen molar-refractivity contribution in [3.05, 3.63) is 151 Å². The van der Waals surface area contributed by atoms with Crippen LogP contribution in [0.4, 0.5) is 0 Å². The summed E-state index contributed by atoms with van der Waals surface area (Å²) in [6, 6.07) is 49.1. The van der Waals surface area contributed by atoms with E-state index in [1.54, 1.807) is 0 Å². The molecule has 0 N–H and O–H groups in total. The minimum Gasteiger partial charge on any atom is -0.500 e. The molecule has 9 rings (SSSR count). The number of benzene rings is 5. The van der Waals surface area contributed by atoms with E-state index in [9.17, 15) is 0 Å². The Hall–Kier alpha value is -4.71. The molecule has 0 saturated heterocycles. The molecular formula is C47H40IrN2OSSi-2. The van der Waals surface area contributed by atoms with Crippen LogP contribution in [0.5, 0.6) is 0 Å². The third-order valence-electron chi connectivity index (χ3n) is 9.48. The van der Waals surface area contributed by atoms with Gasteiger partial charge in [-0.15, -0.1) is 47.5 Å². The SMILES string of the molecule is CC(C)Cc1ccnc(-c2[c-]cc3oc4ccc(-c5ccccc5)cc4c3c2)c1.C[Si](C)(C)c1ccc(-c2[c-]ccc3c2sc2ccccc23)nc1.[Ir]. The van der Waals surface area contributed by atoms with Gasteiger partial charge in [-0.25, -0.2) is 0 Å². The zero-order chi connectivity index (χ0) is 35.8. The Morgan fingerprint density at radius 2 is 1.49 bits per heavy atom. The summed E-state index contributed by atoms with van der Waals surface area (Å²) in [6.07, 6.45) is 5.00. The summed E-state index contributed by atoms with van der Waals surface area (Å²) in [5.41, 5.74) is 9.53. The first-order chi connectivity index (χ1) is 25.2. The number of furan rings is 1. The van der Waals surface area contributed by atoms with Crippen molar-refractivity contribution in [2.24, 2.45) is 5.92 Å². The van der Waals surface area contributed by atoms with Gasteiger partial charge in [0.1, 0.15) is 5.58 Å². The zero-order valence-electron chi connectivity index (χ0n) is 30.5. The van der Waals surface area contributed by atoms with E-state index in [-0.39, 0.29) is 20.1 Å². The molecule has 4 aromatic heterocycles. The van der Waals surface area contributed by atoms with Crippen LogP contribution >= 0.6 is 11.3 Å². The van der Waals surface area contributed by atoms with Crippen LogP contribution in [0.2, 0.25) is 19.6 Å². The van der Waals surface area contributed by atoms with Gasteiger partial charge in [-0.3, -0.25) is 0 Å². The third kappa shape index (κ3) is 7.69. The average Bonchev–Trinajstić information content (AvgIpc) is 3.73. The molecule has 0 fully saturated rings. The molecule has 0 bridgehead atoms. The molecule has 0 saturated carbocycles. The Labute approximate surface area is 330 Å². The fourth-order valence-corrected chi connectivity index (χ4v) is 9.01. The quantitative estimate of drug-likeness (QED) is 0.123. The molecule has 6 heteroatoms. The van der Waals surface area contributed by atoms with Gasteiger partial charge in [0.15, 0.2) is 0 Å². The molecule has 0 unspecified atom stereocenters. The van der Waals surface area contributed by atoms with Crippen molar-refractivity contribution < 1.29 is 24.5 Å². The van der Waals surface area contributed by atoms with E-state index in [4.69, 9.17) is 9.40 Å². The number of pyridine rings is 2. The van der Waals surface area contributed by atoms with Crippen LogP contribution in [-0.4, -0.2) is 18.0 Å². The van der Waals surface area contributed by atoms with Crippen LogP contribution in [0.3, 0.4) is 0 Å². The normalized spacial score (nSPS) is 11.6. The number of rotatable bonds is 6. The molecule has 265 valence electrons. The van der Waals surface area contributed by atoms with E-state index in [0.29, 0.717) is 5.92 Å². The fourth-order valence-electron chi connectivity index (χ4n) is 6.77. The molecule has 1 radical (unpaired) electrons. The molecule has 0 atom stereocenters. The molecule has 0 aliphatic rings. The standard InChI is InChI=1S/C27H22NO.C20H18NSSi.Ir/c1-18(2)14-19-12-13-28-25(15-19)22-9-11-27-24(17-22)23-16-21(8-10-26(23)29-27)20-6-4-3-5-7-20;1-23(2,3)14-11-12-18(21-13-14)17-9-6-8-16-15-7-4-5-10-19(15)22-20(16)17;/h3-8,10-13,15-18H,14H2,1-2H3;4-8,10-13H,1-3H3;/q2*-1;. The minimum absolute atomic E-state index is 0. The van der Waals surface area contributed by atoms with Crippen molar-refractivity contribution in [3.8, 4) is 33.6 Å². The molecule has 0 amide bonds. The van der Waals surface area contributed by atoms with E-state index in [0.717, 1.165) is 50.9 Å². The maximum atomic E-state index is 6.06. The Bertz CT molecular complexity index is 2670. The second-order valence-corrected chi connectivity index (χ2v) is 21.0. The van der Waals surface area contributed by atoms with Crippen molar-refractivity contribution in [1.82, 2.24) is 9.97 Å². The summed E-state index contributed by atoms with van der Waals surface area (Å²) < 4.78 is 8.66. The van der Waals surface area contributed by atoms with Crippen molar-refractivity contribution in [2.75, 3.05) is 0 Å². The molecule has 0 aliphatic heterocycles. The van der Waals surface area contributed by atoms with Crippen LogP contribution in [0, 0.1) is 18.1 Å². The van der Waals surface area contributed by atoms with E-state index < -0.39 is 8.07 Å².